The lowest BCUT2D eigenvalue weighted by Crippen LogP contribution is -2.32. The van der Waals surface area contributed by atoms with Gasteiger partial charge in [0.15, 0.2) is 5.65 Å². The predicted octanol–water partition coefficient (Wildman–Crippen LogP) is 3.68. The lowest BCUT2D eigenvalue weighted by molar-refractivity contribution is 0.252. The number of urea groups is 1. The molecule has 29 heavy (non-hydrogen) atoms. The molecule has 1 aromatic carbocycles. The quantitative estimate of drug-likeness (QED) is 0.492. The number of nitrogens with zero attached hydrogens (tertiary/aromatic N) is 2. The van der Waals surface area contributed by atoms with Gasteiger partial charge in [-0.3, -0.25) is 0 Å². The van der Waals surface area contributed by atoms with Crippen LogP contribution in [0.4, 0.5) is 16.2 Å². The first-order valence-electron chi connectivity index (χ1n) is 9.44. The van der Waals surface area contributed by atoms with E-state index in [0.29, 0.717) is 25.3 Å². The zero-order valence-electron chi connectivity index (χ0n) is 17.3. The average molecular weight is 417 g/mol. The zero-order valence-corrected chi connectivity index (χ0v) is 18.1. The number of nitrogens with two attached hydrogens (primary N) is 1. The molecule has 0 aliphatic heterocycles. The van der Waals surface area contributed by atoms with Crippen molar-refractivity contribution in [1.82, 2.24) is 14.7 Å². The third-order valence-electron chi connectivity index (χ3n) is 4.98. The first-order valence-corrected chi connectivity index (χ1v) is 9.44. The van der Waals surface area contributed by atoms with Gasteiger partial charge in [0.1, 0.15) is 0 Å². The normalized spacial score (nSPS) is 10.5. The summed E-state index contributed by atoms with van der Waals surface area (Å²) >= 11 is 0. The van der Waals surface area contributed by atoms with Crippen LogP contribution in [0.25, 0.3) is 5.65 Å². The Morgan fingerprint density at radius 2 is 1.86 bits per heavy atom. The van der Waals surface area contributed by atoms with Crippen molar-refractivity contribution in [2.45, 2.75) is 34.2 Å². The van der Waals surface area contributed by atoms with Crippen LogP contribution in [-0.2, 0) is 6.54 Å². The van der Waals surface area contributed by atoms with Gasteiger partial charge in [0, 0.05) is 31.5 Å². The Morgan fingerprint density at radius 3 is 2.52 bits per heavy atom. The molecule has 2 aromatic heterocycles. The highest BCUT2D eigenvalue weighted by Crippen LogP contribution is 2.25. The van der Waals surface area contributed by atoms with E-state index in [1.165, 1.54) is 16.7 Å². The standard InChI is InChI=1S/C21H28N6O.ClH/c1-13-6-5-7-14(2)18(13)11-24-19-10-17(26-21(28)23-9-8-22)12-27-16(4)15(3)25-20(19)27;/h5-7,10,12,24H,8-9,11,22H2,1-4H3,(H2,23,26,28);1H. The van der Waals surface area contributed by atoms with Gasteiger partial charge in [-0.05, 0) is 50.5 Å². The molecule has 156 valence electrons. The van der Waals surface area contributed by atoms with Crippen LogP contribution in [0.1, 0.15) is 28.1 Å². The molecule has 0 bridgehead atoms. The summed E-state index contributed by atoms with van der Waals surface area (Å²) in [6, 6.07) is 7.93. The van der Waals surface area contributed by atoms with Crippen LogP contribution in [0.3, 0.4) is 0 Å². The van der Waals surface area contributed by atoms with Gasteiger partial charge in [-0.25, -0.2) is 9.78 Å². The van der Waals surface area contributed by atoms with Crippen molar-refractivity contribution in [3.63, 3.8) is 0 Å². The highest BCUT2D eigenvalue weighted by atomic mass is 35.5. The number of imidazole rings is 1. The Hall–Kier alpha value is -2.77. The van der Waals surface area contributed by atoms with Crippen LogP contribution in [0.2, 0.25) is 0 Å². The number of pyridine rings is 1. The monoisotopic (exact) mass is 416 g/mol. The minimum absolute atomic E-state index is 0. The van der Waals surface area contributed by atoms with E-state index < -0.39 is 0 Å². The Kier molecular flexibility index (Phi) is 7.47. The topological polar surface area (TPSA) is 96.5 Å². The molecule has 0 saturated carbocycles. The number of aromatic nitrogens is 2. The second-order valence-electron chi connectivity index (χ2n) is 7.01. The number of aryl methyl sites for hydroxylation is 4. The van der Waals surface area contributed by atoms with Gasteiger partial charge >= 0.3 is 6.03 Å². The number of benzene rings is 1. The Balaban J connectivity index is 0.00000300. The number of carbonyl (C=O) groups excluding carboxylic acids is 1. The van der Waals surface area contributed by atoms with E-state index in [0.717, 1.165) is 22.7 Å². The molecular weight excluding hydrogens is 388 g/mol. The molecule has 0 saturated heterocycles. The predicted molar refractivity (Wildman–Crippen MR) is 121 cm³/mol. The second-order valence-corrected chi connectivity index (χ2v) is 7.01. The fourth-order valence-electron chi connectivity index (χ4n) is 3.24. The molecular formula is C21H29ClN6O. The minimum Gasteiger partial charge on any atom is -0.378 e. The van der Waals surface area contributed by atoms with E-state index in [1.807, 2.05) is 30.5 Å². The van der Waals surface area contributed by atoms with Crippen molar-refractivity contribution in [3.8, 4) is 0 Å². The molecule has 0 radical (unpaired) electrons. The van der Waals surface area contributed by atoms with Gasteiger partial charge in [-0.15, -0.1) is 12.4 Å². The van der Waals surface area contributed by atoms with Crippen molar-refractivity contribution in [1.29, 1.82) is 0 Å². The molecule has 5 N–H and O–H groups in total. The summed E-state index contributed by atoms with van der Waals surface area (Å²) in [6.07, 6.45) is 1.89. The van der Waals surface area contributed by atoms with Crippen LogP contribution >= 0.6 is 12.4 Å². The smallest absolute Gasteiger partial charge is 0.319 e. The van der Waals surface area contributed by atoms with Gasteiger partial charge < -0.3 is 26.1 Å². The largest absolute Gasteiger partial charge is 0.378 e. The van der Waals surface area contributed by atoms with Crippen LogP contribution < -0.4 is 21.7 Å². The maximum atomic E-state index is 12.1. The number of nitrogens with one attached hydrogen (secondary N) is 3. The zero-order chi connectivity index (χ0) is 20.3. The molecule has 0 unspecified atom stereocenters. The molecule has 3 rings (SSSR count). The molecule has 0 spiro atoms. The van der Waals surface area contributed by atoms with Crippen LogP contribution in [0.15, 0.2) is 30.5 Å². The number of rotatable bonds is 6. The summed E-state index contributed by atoms with van der Waals surface area (Å²) < 4.78 is 2.00. The highest BCUT2D eigenvalue weighted by Gasteiger charge is 2.13. The number of halogens is 1. The number of hydrogen-bond donors (Lipinski definition) is 4. The number of fused-ring (bicyclic) bond motifs is 1. The summed E-state index contributed by atoms with van der Waals surface area (Å²) in [7, 11) is 0. The number of anilines is 2. The Labute approximate surface area is 177 Å². The van der Waals surface area contributed by atoms with Gasteiger partial charge in [-0.2, -0.15) is 0 Å². The Morgan fingerprint density at radius 1 is 1.17 bits per heavy atom. The fraction of sp³-hybridized carbons (Fsp3) is 0.333. The maximum Gasteiger partial charge on any atom is 0.319 e. The first-order chi connectivity index (χ1) is 13.4. The van der Waals surface area contributed by atoms with Crippen LogP contribution in [0.5, 0.6) is 0 Å². The van der Waals surface area contributed by atoms with Gasteiger partial charge in [0.25, 0.3) is 0 Å². The number of carbonyl (C=O) groups is 1. The minimum atomic E-state index is -0.278. The summed E-state index contributed by atoms with van der Waals surface area (Å²) in [6.45, 7) is 9.74. The van der Waals surface area contributed by atoms with E-state index in [9.17, 15) is 4.79 Å². The molecule has 0 fully saturated rings. The molecule has 3 aromatic rings. The summed E-state index contributed by atoms with van der Waals surface area (Å²) in [5.41, 5.74) is 13.6. The van der Waals surface area contributed by atoms with Crippen molar-refractivity contribution in [2.75, 3.05) is 23.7 Å². The van der Waals surface area contributed by atoms with Crippen molar-refractivity contribution in [2.24, 2.45) is 5.73 Å². The molecule has 2 amide bonds. The van der Waals surface area contributed by atoms with E-state index in [1.54, 1.807) is 0 Å². The molecule has 8 heteroatoms. The van der Waals surface area contributed by atoms with Crippen LogP contribution in [0, 0.1) is 27.7 Å². The third-order valence-corrected chi connectivity index (χ3v) is 4.98. The van der Waals surface area contributed by atoms with Gasteiger partial charge in [-0.1, -0.05) is 18.2 Å². The van der Waals surface area contributed by atoms with Gasteiger partial charge in [0.05, 0.1) is 17.1 Å². The van der Waals surface area contributed by atoms with Crippen molar-refractivity contribution < 1.29 is 4.79 Å². The lowest BCUT2D eigenvalue weighted by Gasteiger charge is -2.15. The molecule has 2 heterocycles. The molecule has 0 aliphatic carbocycles. The summed E-state index contributed by atoms with van der Waals surface area (Å²) in [5, 5.41) is 9.10. The number of hydrogen-bond acceptors (Lipinski definition) is 4. The van der Waals surface area contributed by atoms with E-state index in [2.05, 4.69) is 48.0 Å². The second kappa shape index (κ2) is 9.62. The molecule has 7 nitrogen and oxygen atoms in total. The highest BCUT2D eigenvalue weighted by molar-refractivity contribution is 5.90. The van der Waals surface area contributed by atoms with Crippen LogP contribution in [-0.4, -0.2) is 28.5 Å². The molecule has 0 atom stereocenters. The summed E-state index contributed by atoms with van der Waals surface area (Å²) in [4.78, 5) is 16.7. The van der Waals surface area contributed by atoms with Crippen molar-refractivity contribution in [3.05, 3.63) is 58.5 Å². The summed E-state index contributed by atoms with van der Waals surface area (Å²) in [5.74, 6) is 0. The van der Waals surface area contributed by atoms with E-state index >= 15 is 0 Å². The van der Waals surface area contributed by atoms with Crippen molar-refractivity contribution >= 4 is 35.5 Å². The maximum absolute atomic E-state index is 12.1. The van der Waals surface area contributed by atoms with E-state index in [-0.39, 0.29) is 18.4 Å². The SMILES string of the molecule is Cc1cccc(C)c1CNc1cc(NC(=O)NCCN)cn2c(C)c(C)nc12.Cl. The first kappa shape index (κ1) is 22.5. The Bertz CT molecular complexity index is 994. The average Bonchev–Trinajstić information content (AvgIpc) is 2.94. The molecule has 0 aliphatic rings. The van der Waals surface area contributed by atoms with E-state index in [4.69, 9.17) is 10.7 Å². The number of amides is 2. The fourth-order valence-corrected chi connectivity index (χ4v) is 3.24. The lowest BCUT2D eigenvalue weighted by atomic mass is 10.0. The third kappa shape index (κ3) is 4.99. The van der Waals surface area contributed by atoms with Gasteiger partial charge in [0.2, 0.25) is 0 Å².